The maximum Gasteiger partial charge on any atom is 0.419 e. The average Bonchev–Trinajstić information content (AvgIpc) is 3.07. The molecule has 29 heavy (non-hydrogen) atoms. The molecule has 0 radical (unpaired) electrons. The number of anilines is 1. The second-order valence-corrected chi connectivity index (χ2v) is 7.06. The first kappa shape index (κ1) is 21.1. The molecule has 1 aliphatic heterocycles. The number of nitrogens with zero attached hydrogens (tertiary/aromatic N) is 1. The second kappa shape index (κ2) is 8.82. The fourth-order valence-corrected chi connectivity index (χ4v) is 3.53. The van der Waals surface area contributed by atoms with E-state index in [2.05, 4.69) is 10.2 Å². The van der Waals surface area contributed by atoms with E-state index in [0.29, 0.717) is 11.6 Å². The van der Waals surface area contributed by atoms with Gasteiger partial charge in [-0.1, -0.05) is 24.3 Å². The number of ether oxygens (including phenoxy) is 1. The normalized spacial score (nSPS) is 17.3. The van der Waals surface area contributed by atoms with Crippen molar-refractivity contribution in [2.45, 2.75) is 31.5 Å². The van der Waals surface area contributed by atoms with Crippen LogP contribution in [0.5, 0.6) is 0 Å². The van der Waals surface area contributed by atoms with E-state index >= 15 is 0 Å². The summed E-state index contributed by atoms with van der Waals surface area (Å²) in [5.74, 6) is -1.34. The number of hydrogen-bond donors (Lipinski definition) is 1. The Balaban J connectivity index is 1.70. The van der Waals surface area contributed by atoms with Crippen LogP contribution in [0, 0.1) is 5.82 Å². The van der Waals surface area contributed by atoms with Crippen molar-refractivity contribution < 1.29 is 27.1 Å². The van der Waals surface area contributed by atoms with E-state index in [0.717, 1.165) is 37.9 Å². The summed E-state index contributed by atoms with van der Waals surface area (Å²) in [6, 6.07) is 9.50. The van der Waals surface area contributed by atoms with E-state index in [9.17, 15) is 22.4 Å². The van der Waals surface area contributed by atoms with E-state index in [1.54, 1.807) is 24.3 Å². The molecule has 3 rings (SSSR count). The molecule has 1 amide bonds. The number of alkyl halides is 3. The van der Waals surface area contributed by atoms with Crippen LogP contribution >= 0.6 is 0 Å². The van der Waals surface area contributed by atoms with Crippen LogP contribution in [-0.4, -0.2) is 37.2 Å². The molecule has 2 aromatic rings. The molecule has 0 aromatic heterocycles. The largest absolute Gasteiger partial charge is 0.449 e. The molecule has 0 spiro atoms. The molecule has 1 heterocycles. The average molecular weight is 410 g/mol. The molecular weight excluding hydrogens is 388 g/mol. The van der Waals surface area contributed by atoms with Crippen molar-refractivity contribution in [1.29, 1.82) is 0 Å². The highest BCUT2D eigenvalue weighted by Crippen LogP contribution is 2.36. The Bertz CT molecular complexity index is 870. The quantitative estimate of drug-likeness (QED) is 0.658. The molecular formula is C21H22F4N2O2. The van der Waals surface area contributed by atoms with E-state index in [1.165, 1.54) is 6.07 Å². The fourth-order valence-electron chi connectivity index (χ4n) is 3.53. The number of halogens is 4. The second-order valence-electron chi connectivity index (χ2n) is 7.06. The van der Waals surface area contributed by atoms with Gasteiger partial charge in [-0.25, -0.2) is 9.18 Å². The lowest BCUT2D eigenvalue weighted by atomic mass is 10.0. The van der Waals surface area contributed by atoms with Gasteiger partial charge in [0.2, 0.25) is 0 Å². The van der Waals surface area contributed by atoms with Gasteiger partial charge in [-0.3, -0.25) is 5.32 Å². The smallest absolute Gasteiger partial charge is 0.419 e. The van der Waals surface area contributed by atoms with Gasteiger partial charge in [0.1, 0.15) is 5.82 Å². The summed E-state index contributed by atoms with van der Waals surface area (Å²) in [7, 11) is 2.03. The van der Waals surface area contributed by atoms with Crippen LogP contribution in [0.2, 0.25) is 0 Å². The van der Waals surface area contributed by atoms with Crippen LogP contribution in [0.1, 0.15) is 24.8 Å². The highest BCUT2D eigenvalue weighted by atomic mass is 19.4. The molecule has 1 saturated heterocycles. The van der Waals surface area contributed by atoms with Gasteiger partial charge in [0.05, 0.1) is 17.9 Å². The zero-order chi connectivity index (χ0) is 21.0. The fraction of sp³-hybridized carbons (Fsp3) is 0.381. The summed E-state index contributed by atoms with van der Waals surface area (Å²) in [6.45, 7) is 1.28. The summed E-state index contributed by atoms with van der Waals surface area (Å²) in [5.41, 5.74) is -0.587. The lowest BCUT2D eigenvalue weighted by molar-refractivity contribution is -0.139. The summed E-state index contributed by atoms with van der Waals surface area (Å²) in [5, 5.41) is 2.57. The summed E-state index contributed by atoms with van der Waals surface area (Å²) < 4.78 is 57.9. The molecule has 1 N–H and O–H groups in total. The number of carbonyl (C=O) groups excluding carboxylic acids is 1. The monoisotopic (exact) mass is 410 g/mol. The van der Waals surface area contributed by atoms with Gasteiger partial charge in [0.15, 0.2) is 0 Å². The third-order valence-electron chi connectivity index (χ3n) is 5.10. The van der Waals surface area contributed by atoms with Gasteiger partial charge in [-0.15, -0.1) is 0 Å². The van der Waals surface area contributed by atoms with Gasteiger partial charge in [0.25, 0.3) is 0 Å². The first-order valence-electron chi connectivity index (χ1n) is 9.36. The third-order valence-corrected chi connectivity index (χ3v) is 5.10. The molecule has 8 heteroatoms. The van der Waals surface area contributed by atoms with Crippen LogP contribution in [0.4, 0.5) is 28.0 Å². The Kier molecular flexibility index (Phi) is 6.42. The van der Waals surface area contributed by atoms with Crippen molar-refractivity contribution >= 4 is 11.8 Å². The maximum atomic E-state index is 13.6. The molecule has 1 aliphatic rings. The highest BCUT2D eigenvalue weighted by Gasteiger charge is 2.34. The van der Waals surface area contributed by atoms with Gasteiger partial charge in [0, 0.05) is 11.6 Å². The molecule has 156 valence electrons. The predicted molar refractivity (Wildman–Crippen MR) is 102 cm³/mol. The van der Waals surface area contributed by atoms with Crippen LogP contribution in [0.3, 0.4) is 0 Å². The van der Waals surface area contributed by atoms with Crippen LogP contribution < -0.4 is 5.32 Å². The van der Waals surface area contributed by atoms with Gasteiger partial charge in [-0.2, -0.15) is 13.2 Å². The summed E-state index contributed by atoms with van der Waals surface area (Å²) >= 11 is 0. The first-order valence-corrected chi connectivity index (χ1v) is 9.36. The molecule has 0 aliphatic carbocycles. The van der Waals surface area contributed by atoms with Crippen molar-refractivity contribution in [1.82, 2.24) is 4.90 Å². The van der Waals surface area contributed by atoms with Crippen LogP contribution in [0.25, 0.3) is 11.1 Å². The van der Waals surface area contributed by atoms with Crippen LogP contribution in [0.15, 0.2) is 42.5 Å². The van der Waals surface area contributed by atoms with Gasteiger partial charge >= 0.3 is 12.3 Å². The minimum atomic E-state index is -4.81. The Hall–Kier alpha value is -2.61. The summed E-state index contributed by atoms with van der Waals surface area (Å²) in [4.78, 5) is 14.4. The molecule has 0 bridgehead atoms. The topological polar surface area (TPSA) is 41.6 Å². The molecule has 1 unspecified atom stereocenters. The molecule has 1 atom stereocenters. The zero-order valence-corrected chi connectivity index (χ0v) is 15.9. The van der Waals surface area contributed by atoms with Gasteiger partial charge < -0.3 is 9.64 Å². The predicted octanol–water partition coefficient (Wildman–Crippen LogP) is 5.54. The third kappa shape index (κ3) is 5.26. The molecule has 0 saturated carbocycles. The first-order chi connectivity index (χ1) is 13.8. The number of likely N-dealkylation sites (tertiary alicyclic amines) is 1. The number of para-hydroxylation sites is 1. The van der Waals surface area contributed by atoms with E-state index < -0.39 is 23.7 Å². The standard InChI is InChI=1S/C21H22F4N2O2/c1-27-11-4-5-15(27)10-12-29-20(28)26-19-7-3-2-6-16(19)14-8-9-18(22)17(13-14)21(23,24)25/h2-3,6-9,13,15H,4-5,10-12H2,1H3,(H,26,28). The minimum absolute atomic E-state index is 0.141. The SMILES string of the molecule is CN1CCCC1CCOC(=O)Nc1ccccc1-c1ccc(F)c(C(F)(F)F)c1. The van der Waals surface area contributed by atoms with Crippen LogP contribution in [-0.2, 0) is 10.9 Å². The van der Waals surface area contributed by atoms with Crippen molar-refractivity contribution in [2.24, 2.45) is 0 Å². The summed E-state index contributed by atoms with van der Waals surface area (Å²) in [6.07, 6.45) is -2.58. The Morgan fingerprint density at radius 3 is 2.69 bits per heavy atom. The number of benzene rings is 2. The number of carbonyl (C=O) groups is 1. The minimum Gasteiger partial charge on any atom is -0.449 e. The Labute approximate surface area is 166 Å². The van der Waals surface area contributed by atoms with Crippen molar-refractivity contribution in [3.05, 3.63) is 53.8 Å². The van der Waals surface area contributed by atoms with Crippen molar-refractivity contribution in [3.8, 4) is 11.1 Å². The lowest BCUT2D eigenvalue weighted by Gasteiger charge is -2.19. The number of amides is 1. The number of hydrogen-bond acceptors (Lipinski definition) is 3. The molecule has 4 nitrogen and oxygen atoms in total. The van der Waals surface area contributed by atoms with Crippen molar-refractivity contribution in [2.75, 3.05) is 25.5 Å². The number of nitrogens with one attached hydrogen (secondary N) is 1. The zero-order valence-electron chi connectivity index (χ0n) is 15.9. The van der Waals surface area contributed by atoms with E-state index in [-0.39, 0.29) is 17.9 Å². The Morgan fingerprint density at radius 1 is 1.24 bits per heavy atom. The highest BCUT2D eigenvalue weighted by molar-refractivity contribution is 5.91. The van der Waals surface area contributed by atoms with Gasteiger partial charge in [-0.05, 0) is 56.6 Å². The molecule has 1 fully saturated rings. The van der Waals surface area contributed by atoms with E-state index in [4.69, 9.17) is 4.74 Å². The van der Waals surface area contributed by atoms with E-state index in [1.807, 2.05) is 7.05 Å². The maximum absolute atomic E-state index is 13.6. The number of rotatable bonds is 5. The lowest BCUT2D eigenvalue weighted by Crippen LogP contribution is -2.27. The molecule has 2 aromatic carbocycles. The Morgan fingerprint density at radius 2 is 2.00 bits per heavy atom. The van der Waals surface area contributed by atoms with Crippen molar-refractivity contribution in [3.63, 3.8) is 0 Å².